The van der Waals surface area contributed by atoms with Gasteiger partial charge in [0.1, 0.15) is 5.75 Å². The number of anilines is 1. The maximum Gasteiger partial charge on any atom is 0.319 e. The Balaban J connectivity index is 1.76. The number of carbonyl (C=O) groups is 1. The number of rotatable bonds is 3. The molecule has 5 heteroatoms. The van der Waals surface area contributed by atoms with Gasteiger partial charge >= 0.3 is 6.03 Å². The fourth-order valence-corrected chi connectivity index (χ4v) is 1.77. The van der Waals surface area contributed by atoms with Crippen molar-refractivity contribution in [1.29, 1.82) is 0 Å². The first kappa shape index (κ1) is 11.7. The third-order valence-corrected chi connectivity index (χ3v) is 2.62. The van der Waals surface area contributed by atoms with Crippen molar-refractivity contribution in [1.82, 2.24) is 5.32 Å². The zero-order valence-electron chi connectivity index (χ0n) is 9.48. The summed E-state index contributed by atoms with van der Waals surface area (Å²) in [7, 11) is 0. The zero-order chi connectivity index (χ0) is 12.1. The van der Waals surface area contributed by atoms with Crippen molar-refractivity contribution in [2.75, 3.05) is 18.5 Å². The van der Waals surface area contributed by atoms with Gasteiger partial charge in [0.05, 0.1) is 6.10 Å². The Labute approximate surface area is 99.8 Å². The van der Waals surface area contributed by atoms with E-state index in [1.54, 1.807) is 18.2 Å². The van der Waals surface area contributed by atoms with Crippen LogP contribution in [0, 0.1) is 0 Å². The van der Waals surface area contributed by atoms with Crippen LogP contribution >= 0.6 is 0 Å². The monoisotopic (exact) mass is 236 g/mol. The number of benzene rings is 1. The number of urea groups is 1. The molecule has 1 aromatic rings. The molecule has 3 N–H and O–H groups in total. The molecule has 1 heterocycles. The van der Waals surface area contributed by atoms with Crippen molar-refractivity contribution >= 4 is 11.7 Å². The first-order chi connectivity index (χ1) is 8.24. The van der Waals surface area contributed by atoms with E-state index in [9.17, 15) is 9.90 Å². The van der Waals surface area contributed by atoms with Gasteiger partial charge in [0.25, 0.3) is 0 Å². The fourth-order valence-electron chi connectivity index (χ4n) is 1.77. The van der Waals surface area contributed by atoms with Gasteiger partial charge in [-0.05, 0) is 25.0 Å². The number of carbonyl (C=O) groups excluding carboxylic acids is 1. The summed E-state index contributed by atoms with van der Waals surface area (Å²) in [6, 6.07) is 6.14. The molecule has 0 bridgehead atoms. The molecule has 2 rings (SSSR count). The Bertz CT molecular complexity index is 389. The summed E-state index contributed by atoms with van der Waals surface area (Å²) in [5.41, 5.74) is 0.565. The third kappa shape index (κ3) is 3.64. The number of nitrogens with one attached hydrogen (secondary N) is 2. The van der Waals surface area contributed by atoms with Gasteiger partial charge in [-0.25, -0.2) is 4.79 Å². The first-order valence-electron chi connectivity index (χ1n) is 5.69. The molecule has 0 aromatic heterocycles. The van der Waals surface area contributed by atoms with Crippen molar-refractivity contribution < 1.29 is 14.6 Å². The van der Waals surface area contributed by atoms with Crippen molar-refractivity contribution in [2.45, 2.75) is 18.9 Å². The molecule has 1 atom stereocenters. The molecule has 0 aliphatic carbocycles. The molecule has 1 fully saturated rings. The molecule has 17 heavy (non-hydrogen) atoms. The summed E-state index contributed by atoms with van der Waals surface area (Å²) in [6.07, 6.45) is 2.18. The topological polar surface area (TPSA) is 70.6 Å². The lowest BCUT2D eigenvalue weighted by molar-refractivity contribution is 0.112. The minimum atomic E-state index is -0.286. The SMILES string of the molecule is O=C(NCC1CCCO1)Nc1cccc(O)c1. The lowest BCUT2D eigenvalue weighted by Gasteiger charge is -2.11. The highest BCUT2D eigenvalue weighted by molar-refractivity contribution is 5.89. The van der Waals surface area contributed by atoms with Crippen LogP contribution in [0.3, 0.4) is 0 Å². The quantitative estimate of drug-likeness (QED) is 0.748. The van der Waals surface area contributed by atoms with Crippen LogP contribution in [0.15, 0.2) is 24.3 Å². The molecule has 1 aliphatic rings. The molecule has 5 nitrogen and oxygen atoms in total. The Morgan fingerprint density at radius 3 is 3.12 bits per heavy atom. The maximum absolute atomic E-state index is 11.5. The van der Waals surface area contributed by atoms with Gasteiger partial charge in [0.15, 0.2) is 0 Å². The molecule has 1 aromatic carbocycles. The molecule has 0 spiro atoms. The first-order valence-corrected chi connectivity index (χ1v) is 5.69. The molecule has 0 saturated carbocycles. The molecule has 92 valence electrons. The molecule has 2 amide bonds. The van der Waals surface area contributed by atoms with Gasteiger partial charge < -0.3 is 20.5 Å². The number of amides is 2. The third-order valence-electron chi connectivity index (χ3n) is 2.62. The molecule has 1 saturated heterocycles. The lowest BCUT2D eigenvalue weighted by atomic mass is 10.2. The molecule has 1 unspecified atom stereocenters. The van der Waals surface area contributed by atoms with Gasteiger partial charge in [-0.15, -0.1) is 0 Å². The predicted molar refractivity (Wildman–Crippen MR) is 64.1 cm³/mol. The van der Waals surface area contributed by atoms with E-state index in [2.05, 4.69) is 10.6 Å². The van der Waals surface area contributed by atoms with Crippen molar-refractivity contribution in [3.8, 4) is 5.75 Å². The van der Waals surface area contributed by atoms with Crippen molar-refractivity contribution in [3.05, 3.63) is 24.3 Å². The summed E-state index contributed by atoms with van der Waals surface area (Å²) in [6.45, 7) is 1.30. The van der Waals surface area contributed by atoms with E-state index in [1.165, 1.54) is 6.07 Å². The number of aromatic hydroxyl groups is 1. The van der Waals surface area contributed by atoms with E-state index in [0.29, 0.717) is 12.2 Å². The second-order valence-corrected chi connectivity index (χ2v) is 4.02. The largest absolute Gasteiger partial charge is 0.508 e. The van der Waals surface area contributed by atoms with Crippen LogP contribution in [0.5, 0.6) is 5.75 Å². The Kier molecular flexibility index (Phi) is 3.82. The van der Waals surface area contributed by atoms with E-state index in [4.69, 9.17) is 4.74 Å². The minimum absolute atomic E-state index is 0.127. The highest BCUT2D eigenvalue weighted by atomic mass is 16.5. The van der Waals surface area contributed by atoms with Crippen LogP contribution in [0.4, 0.5) is 10.5 Å². The summed E-state index contributed by atoms with van der Waals surface area (Å²) in [4.78, 5) is 11.5. The molecular formula is C12H16N2O3. The van der Waals surface area contributed by atoms with Crippen LogP contribution in [-0.4, -0.2) is 30.4 Å². The van der Waals surface area contributed by atoms with Gasteiger partial charge in [-0.1, -0.05) is 6.07 Å². The van der Waals surface area contributed by atoms with E-state index in [0.717, 1.165) is 19.4 Å². The van der Waals surface area contributed by atoms with Crippen LogP contribution in [0.1, 0.15) is 12.8 Å². The smallest absolute Gasteiger partial charge is 0.319 e. The van der Waals surface area contributed by atoms with E-state index >= 15 is 0 Å². The summed E-state index contributed by atoms with van der Waals surface area (Å²) in [5, 5.41) is 14.6. The fraction of sp³-hybridized carbons (Fsp3) is 0.417. The number of phenols is 1. The van der Waals surface area contributed by atoms with Gasteiger partial charge in [0.2, 0.25) is 0 Å². The second-order valence-electron chi connectivity index (χ2n) is 4.02. The average Bonchev–Trinajstić information content (AvgIpc) is 2.79. The predicted octanol–water partition coefficient (Wildman–Crippen LogP) is 1.69. The van der Waals surface area contributed by atoms with Gasteiger partial charge in [-0.2, -0.15) is 0 Å². The Hall–Kier alpha value is -1.75. The zero-order valence-corrected chi connectivity index (χ0v) is 9.48. The number of phenolic OH excluding ortho intramolecular Hbond substituents is 1. The standard InChI is InChI=1S/C12H16N2O3/c15-10-4-1-3-9(7-10)14-12(16)13-8-11-5-2-6-17-11/h1,3-4,7,11,15H,2,5-6,8H2,(H2,13,14,16). The van der Waals surface area contributed by atoms with Crippen molar-refractivity contribution in [2.24, 2.45) is 0 Å². The van der Waals surface area contributed by atoms with Gasteiger partial charge in [0, 0.05) is 24.9 Å². The summed E-state index contributed by atoms with van der Waals surface area (Å²) >= 11 is 0. The molecule has 1 aliphatic heterocycles. The number of hydrogen-bond donors (Lipinski definition) is 3. The number of ether oxygens (including phenoxy) is 1. The highest BCUT2D eigenvalue weighted by Gasteiger charge is 2.15. The second kappa shape index (κ2) is 5.54. The van der Waals surface area contributed by atoms with Crippen LogP contribution in [0.25, 0.3) is 0 Å². The highest BCUT2D eigenvalue weighted by Crippen LogP contribution is 2.15. The molecule has 0 radical (unpaired) electrons. The number of hydrogen-bond acceptors (Lipinski definition) is 3. The Morgan fingerprint density at radius 2 is 2.41 bits per heavy atom. The Morgan fingerprint density at radius 1 is 1.53 bits per heavy atom. The van der Waals surface area contributed by atoms with E-state index in [1.807, 2.05) is 0 Å². The minimum Gasteiger partial charge on any atom is -0.508 e. The van der Waals surface area contributed by atoms with Gasteiger partial charge in [-0.3, -0.25) is 0 Å². The normalized spacial score (nSPS) is 18.9. The molecular weight excluding hydrogens is 220 g/mol. The summed E-state index contributed by atoms with van der Waals surface area (Å²) in [5.74, 6) is 0.127. The average molecular weight is 236 g/mol. The lowest BCUT2D eigenvalue weighted by Crippen LogP contribution is -2.34. The van der Waals surface area contributed by atoms with E-state index in [-0.39, 0.29) is 17.9 Å². The van der Waals surface area contributed by atoms with Crippen LogP contribution < -0.4 is 10.6 Å². The van der Waals surface area contributed by atoms with Crippen LogP contribution in [0.2, 0.25) is 0 Å². The van der Waals surface area contributed by atoms with Crippen LogP contribution in [-0.2, 0) is 4.74 Å². The van der Waals surface area contributed by atoms with E-state index < -0.39 is 0 Å². The maximum atomic E-state index is 11.5. The van der Waals surface area contributed by atoms with Crippen molar-refractivity contribution in [3.63, 3.8) is 0 Å². The summed E-state index contributed by atoms with van der Waals surface area (Å²) < 4.78 is 5.39.